The second-order valence-electron chi connectivity index (χ2n) is 5.99. The molecule has 0 saturated heterocycles. The lowest BCUT2D eigenvalue weighted by Crippen LogP contribution is -1.99. The Hall–Kier alpha value is -1.84. The molecule has 0 N–H and O–H groups in total. The van der Waals surface area contributed by atoms with Crippen LogP contribution in [-0.2, 0) is 6.61 Å². The summed E-state index contributed by atoms with van der Waals surface area (Å²) >= 11 is 19.1. The molecule has 0 radical (unpaired) electrons. The van der Waals surface area contributed by atoms with Gasteiger partial charge in [0.25, 0.3) is 0 Å². The van der Waals surface area contributed by atoms with Crippen molar-refractivity contribution < 1.29 is 9.13 Å². The van der Waals surface area contributed by atoms with Crippen LogP contribution in [0.4, 0.5) is 4.39 Å². The summed E-state index contributed by atoms with van der Waals surface area (Å²) in [5, 5.41) is 10.5. The van der Waals surface area contributed by atoms with Crippen LogP contribution in [0, 0.1) is 17.1 Å². The number of benzene rings is 3. The predicted octanol–water partition coefficient (Wildman–Crippen LogP) is 8.30. The fourth-order valence-corrected chi connectivity index (χ4v) is 4.57. The molecule has 29 heavy (non-hydrogen) atoms. The standard InChI is InChI=1S/C22H12Br2Cl2FNO/c23-18-8-13(7-15(11-28)17-6-5-16(25)10-20(17)26)9-19(24)22(18)29-12-14-3-1-2-4-21(14)27/h1-10H,12H2/b15-7+. The van der Waals surface area contributed by atoms with E-state index in [0.29, 0.717) is 41.4 Å². The van der Waals surface area contributed by atoms with Gasteiger partial charge in [0.1, 0.15) is 18.2 Å². The van der Waals surface area contributed by atoms with Crippen LogP contribution in [0.2, 0.25) is 10.0 Å². The zero-order valence-electron chi connectivity index (χ0n) is 14.7. The van der Waals surface area contributed by atoms with Crippen molar-refractivity contribution in [3.05, 3.63) is 96.1 Å². The molecule has 0 unspecified atom stereocenters. The molecule has 0 spiro atoms. The molecule has 0 atom stereocenters. The Morgan fingerprint density at radius 1 is 1.07 bits per heavy atom. The third-order valence-corrected chi connectivity index (χ3v) is 5.73. The molecule has 0 aromatic heterocycles. The van der Waals surface area contributed by atoms with E-state index in [1.165, 1.54) is 6.07 Å². The summed E-state index contributed by atoms with van der Waals surface area (Å²) in [6.45, 7) is 0.0862. The van der Waals surface area contributed by atoms with E-state index in [9.17, 15) is 9.65 Å². The van der Waals surface area contributed by atoms with Gasteiger partial charge < -0.3 is 4.74 Å². The van der Waals surface area contributed by atoms with Crippen molar-refractivity contribution in [3.63, 3.8) is 0 Å². The molecule has 7 heteroatoms. The maximum absolute atomic E-state index is 13.8. The Morgan fingerprint density at radius 3 is 2.38 bits per heavy atom. The Morgan fingerprint density at radius 2 is 1.76 bits per heavy atom. The smallest absolute Gasteiger partial charge is 0.148 e. The Kier molecular flexibility index (Phi) is 7.37. The minimum Gasteiger partial charge on any atom is -0.486 e. The minimum atomic E-state index is -0.321. The molecule has 0 aliphatic heterocycles. The van der Waals surface area contributed by atoms with E-state index in [1.807, 2.05) is 12.1 Å². The van der Waals surface area contributed by atoms with E-state index in [-0.39, 0.29) is 12.4 Å². The van der Waals surface area contributed by atoms with Gasteiger partial charge in [-0.2, -0.15) is 5.26 Å². The molecule has 2 nitrogen and oxygen atoms in total. The van der Waals surface area contributed by atoms with E-state index >= 15 is 0 Å². The fourth-order valence-electron chi connectivity index (χ4n) is 2.61. The van der Waals surface area contributed by atoms with Crippen LogP contribution in [0.1, 0.15) is 16.7 Å². The molecule has 0 bridgehead atoms. The molecule has 3 rings (SSSR count). The SMILES string of the molecule is N#C/C(=C\c1cc(Br)c(OCc2ccccc2F)c(Br)c1)c1ccc(Cl)cc1Cl. The van der Waals surface area contributed by atoms with E-state index in [1.54, 1.807) is 42.5 Å². The molecule has 0 aliphatic carbocycles. The van der Waals surface area contributed by atoms with E-state index in [4.69, 9.17) is 27.9 Å². The van der Waals surface area contributed by atoms with E-state index in [2.05, 4.69) is 37.9 Å². The lowest BCUT2D eigenvalue weighted by molar-refractivity contribution is 0.296. The van der Waals surface area contributed by atoms with Crippen molar-refractivity contribution in [1.82, 2.24) is 0 Å². The van der Waals surface area contributed by atoms with Crippen LogP contribution in [0.15, 0.2) is 63.5 Å². The Bertz CT molecular complexity index is 1120. The zero-order valence-corrected chi connectivity index (χ0v) is 19.4. The number of rotatable bonds is 5. The van der Waals surface area contributed by atoms with Crippen molar-refractivity contribution >= 4 is 66.7 Å². The number of hydrogen-bond acceptors (Lipinski definition) is 2. The first kappa shape index (κ1) is 21.9. The lowest BCUT2D eigenvalue weighted by Gasteiger charge is -2.12. The highest BCUT2D eigenvalue weighted by Crippen LogP contribution is 2.37. The molecule has 0 fully saturated rings. The molecular formula is C22H12Br2Cl2FNO. The summed E-state index contributed by atoms with van der Waals surface area (Å²) in [6.07, 6.45) is 1.71. The van der Waals surface area contributed by atoms with Gasteiger partial charge in [-0.05, 0) is 73.8 Å². The van der Waals surface area contributed by atoms with Crippen LogP contribution in [0.3, 0.4) is 0 Å². The minimum absolute atomic E-state index is 0.0862. The topological polar surface area (TPSA) is 33.0 Å². The summed E-state index contributed by atoms with van der Waals surface area (Å²) in [4.78, 5) is 0. The molecule has 0 amide bonds. The normalized spacial score (nSPS) is 11.2. The number of ether oxygens (including phenoxy) is 1. The van der Waals surface area contributed by atoms with Crippen molar-refractivity contribution in [1.29, 1.82) is 5.26 Å². The van der Waals surface area contributed by atoms with Crippen molar-refractivity contribution in [2.45, 2.75) is 6.61 Å². The molecule has 146 valence electrons. The highest BCUT2D eigenvalue weighted by Gasteiger charge is 2.12. The van der Waals surface area contributed by atoms with Gasteiger partial charge in [-0.1, -0.05) is 47.5 Å². The van der Waals surface area contributed by atoms with Crippen LogP contribution in [0.25, 0.3) is 11.6 Å². The summed E-state index contributed by atoms with van der Waals surface area (Å²) in [5.41, 5.74) is 2.19. The third kappa shape index (κ3) is 5.40. The highest BCUT2D eigenvalue weighted by molar-refractivity contribution is 9.11. The molecular weight excluding hydrogens is 544 g/mol. The van der Waals surface area contributed by atoms with Crippen molar-refractivity contribution in [2.75, 3.05) is 0 Å². The second kappa shape index (κ2) is 9.77. The Labute approximate surface area is 194 Å². The molecule has 0 saturated carbocycles. The van der Waals surface area contributed by atoms with Gasteiger partial charge in [0.05, 0.1) is 25.6 Å². The summed E-state index contributed by atoms with van der Waals surface area (Å²) in [5.74, 6) is 0.214. The molecule has 0 heterocycles. The maximum Gasteiger partial charge on any atom is 0.148 e. The predicted molar refractivity (Wildman–Crippen MR) is 123 cm³/mol. The van der Waals surface area contributed by atoms with Crippen molar-refractivity contribution in [3.8, 4) is 11.8 Å². The summed E-state index contributed by atoms with van der Waals surface area (Å²) in [6, 6.07) is 17.2. The number of halogens is 5. The summed E-state index contributed by atoms with van der Waals surface area (Å²) < 4.78 is 20.9. The monoisotopic (exact) mass is 553 g/mol. The van der Waals surface area contributed by atoms with Gasteiger partial charge in [-0.15, -0.1) is 0 Å². The van der Waals surface area contributed by atoms with Crippen LogP contribution in [-0.4, -0.2) is 0 Å². The van der Waals surface area contributed by atoms with Gasteiger partial charge in [0.2, 0.25) is 0 Å². The molecule has 3 aromatic carbocycles. The highest BCUT2D eigenvalue weighted by atomic mass is 79.9. The Balaban J connectivity index is 1.89. The molecule has 3 aromatic rings. The largest absolute Gasteiger partial charge is 0.486 e. The fraction of sp³-hybridized carbons (Fsp3) is 0.0455. The molecule has 0 aliphatic rings. The van der Waals surface area contributed by atoms with Gasteiger partial charge >= 0.3 is 0 Å². The maximum atomic E-state index is 13.8. The average molecular weight is 556 g/mol. The van der Waals surface area contributed by atoms with E-state index < -0.39 is 0 Å². The van der Waals surface area contributed by atoms with Gasteiger partial charge in [0, 0.05) is 16.1 Å². The first-order valence-electron chi connectivity index (χ1n) is 8.31. The number of hydrogen-bond donors (Lipinski definition) is 0. The average Bonchev–Trinajstić information content (AvgIpc) is 2.67. The number of nitrogens with zero attached hydrogens (tertiary/aromatic N) is 1. The van der Waals surface area contributed by atoms with E-state index in [0.717, 1.165) is 5.56 Å². The number of allylic oxidation sites excluding steroid dienone is 1. The second-order valence-corrected chi connectivity index (χ2v) is 8.54. The van der Waals surface area contributed by atoms with Gasteiger partial charge in [-0.25, -0.2) is 4.39 Å². The van der Waals surface area contributed by atoms with Gasteiger partial charge in [-0.3, -0.25) is 0 Å². The first-order chi connectivity index (χ1) is 13.9. The van der Waals surface area contributed by atoms with Crippen LogP contribution >= 0.6 is 55.1 Å². The zero-order chi connectivity index (χ0) is 21.0. The quantitative estimate of drug-likeness (QED) is 0.234. The lowest BCUT2D eigenvalue weighted by atomic mass is 10.0. The third-order valence-electron chi connectivity index (χ3n) is 4.00. The van der Waals surface area contributed by atoms with Crippen molar-refractivity contribution in [2.24, 2.45) is 0 Å². The van der Waals surface area contributed by atoms with Crippen LogP contribution in [0.5, 0.6) is 5.75 Å². The van der Waals surface area contributed by atoms with Gasteiger partial charge in [0.15, 0.2) is 0 Å². The first-order valence-corrected chi connectivity index (χ1v) is 10.7. The number of nitriles is 1. The van der Waals surface area contributed by atoms with Crippen LogP contribution < -0.4 is 4.74 Å². The summed E-state index contributed by atoms with van der Waals surface area (Å²) in [7, 11) is 0.